The minimum Gasteiger partial charge on any atom is -0.609 e. The fraction of sp³-hybridized carbons (Fsp3) is 0.0769. The third kappa shape index (κ3) is 2.40. The van der Waals surface area contributed by atoms with Gasteiger partial charge in [0.05, 0.1) is 5.52 Å². The zero-order chi connectivity index (χ0) is 13.2. The normalized spacial score (nSPS) is 12.7. The van der Waals surface area contributed by atoms with Crippen LogP contribution in [0.1, 0.15) is 5.56 Å². The monoisotopic (exact) mass is 272 g/mol. The van der Waals surface area contributed by atoms with E-state index in [4.69, 9.17) is 5.73 Å². The van der Waals surface area contributed by atoms with Crippen molar-refractivity contribution in [2.24, 2.45) is 0 Å². The van der Waals surface area contributed by atoms with Crippen molar-refractivity contribution in [3.05, 3.63) is 48.2 Å². The molecule has 2 heterocycles. The summed E-state index contributed by atoms with van der Waals surface area (Å²) < 4.78 is 12.3. The molecular weight excluding hydrogens is 260 g/mol. The smallest absolute Gasteiger partial charge is 0.323 e. The lowest BCUT2D eigenvalue weighted by Gasteiger charge is -2.08. The van der Waals surface area contributed by atoms with Gasteiger partial charge in [-0.05, 0) is 18.2 Å². The fourth-order valence-corrected chi connectivity index (χ4v) is 2.90. The maximum absolute atomic E-state index is 12.3. The number of imidazole rings is 1. The fourth-order valence-electron chi connectivity index (χ4n) is 1.81. The second kappa shape index (κ2) is 4.91. The van der Waals surface area contributed by atoms with Gasteiger partial charge in [-0.25, -0.2) is 4.98 Å². The van der Waals surface area contributed by atoms with Crippen molar-refractivity contribution >= 4 is 28.0 Å². The molecule has 0 amide bonds. The van der Waals surface area contributed by atoms with Crippen LogP contribution < -0.4 is 5.73 Å². The molecule has 0 radical (unpaired) electrons. The number of rotatable bonds is 3. The number of fused-ring (bicyclic) bond motifs is 1. The number of para-hydroxylation sites is 1. The topological polar surface area (TPSA) is 90.7 Å². The van der Waals surface area contributed by atoms with Gasteiger partial charge in [0, 0.05) is 28.6 Å². The molecule has 0 aliphatic heterocycles. The van der Waals surface area contributed by atoms with Gasteiger partial charge >= 0.3 is 5.16 Å². The lowest BCUT2D eigenvalue weighted by molar-refractivity contribution is 0.587. The average molecular weight is 272 g/mol. The summed E-state index contributed by atoms with van der Waals surface area (Å²) in [6, 6.07) is 11.1. The highest BCUT2D eigenvalue weighted by Gasteiger charge is 2.18. The molecule has 3 rings (SSSR count). The predicted octanol–water partition coefficient (Wildman–Crippen LogP) is 1.85. The van der Waals surface area contributed by atoms with E-state index in [2.05, 4.69) is 15.0 Å². The average Bonchev–Trinajstić information content (AvgIpc) is 2.85. The number of aromatic amines is 1. The van der Waals surface area contributed by atoms with Crippen LogP contribution in [0.25, 0.3) is 11.2 Å². The first-order valence-electron chi connectivity index (χ1n) is 5.76. The van der Waals surface area contributed by atoms with Gasteiger partial charge in [0.25, 0.3) is 0 Å². The lowest BCUT2D eigenvalue weighted by atomic mass is 10.2. The predicted molar refractivity (Wildman–Crippen MR) is 74.9 cm³/mol. The quantitative estimate of drug-likeness (QED) is 0.562. The molecule has 6 heteroatoms. The van der Waals surface area contributed by atoms with E-state index in [0.29, 0.717) is 22.2 Å². The Hall–Kier alpha value is -2.05. The zero-order valence-corrected chi connectivity index (χ0v) is 10.9. The largest absolute Gasteiger partial charge is 0.609 e. The van der Waals surface area contributed by atoms with Crippen LogP contribution in [0, 0.1) is 0 Å². The molecule has 2 aromatic heterocycles. The Labute approximate surface area is 113 Å². The number of benzene rings is 1. The molecule has 19 heavy (non-hydrogen) atoms. The number of nitrogens with two attached hydrogens (primary N) is 1. The minimum atomic E-state index is -1.26. The molecule has 3 N–H and O–H groups in total. The Morgan fingerprint density at radius 2 is 2.05 bits per heavy atom. The Morgan fingerprint density at radius 1 is 1.21 bits per heavy atom. The zero-order valence-electron chi connectivity index (χ0n) is 10.0. The number of pyridine rings is 1. The third-order valence-corrected chi connectivity index (χ3v) is 3.99. The Morgan fingerprint density at radius 3 is 2.84 bits per heavy atom. The Bertz CT molecular complexity index is 679. The molecule has 1 unspecified atom stereocenters. The molecule has 1 atom stereocenters. The highest BCUT2D eigenvalue weighted by Crippen LogP contribution is 2.19. The van der Waals surface area contributed by atoms with Gasteiger partial charge in [-0.15, -0.1) is 0 Å². The maximum Gasteiger partial charge on any atom is 0.323 e. The van der Waals surface area contributed by atoms with E-state index in [1.165, 1.54) is 0 Å². The summed E-state index contributed by atoms with van der Waals surface area (Å²) >= 11 is -1.26. The Balaban J connectivity index is 1.87. The highest BCUT2D eigenvalue weighted by molar-refractivity contribution is 7.90. The van der Waals surface area contributed by atoms with Gasteiger partial charge < -0.3 is 10.3 Å². The standard InChI is InChI=1S/C13H12N4OS/c14-10-5-2-1-4-9(10)8-19(18)13-16-11-6-3-7-15-12(11)17-13/h1-7H,8,14H2,(H,15,16,17). The molecule has 0 saturated carbocycles. The SMILES string of the molecule is Nc1ccccc1C[S+]([O-])c1nc2ncccc2[nH]1. The number of H-pyrrole nitrogens is 1. The molecule has 0 spiro atoms. The van der Waals surface area contributed by atoms with E-state index >= 15 is 0 Å². The highest BCUT2D eigenvalue weighted by atomic mass is 32.2. The van der Waals surface area contributed by atoms with Gasteiger partial charge in [0.1, 0.15) is 5.75 Å². The summed E-state index contributed by atoms with van der Waals surface area (Å²) in [6.45, 7) is 0. The number of nitrogens with one attached hydrogen (secondary N) is 1. The number of anilines is 1. The summed E-state index contributed by atoms with van der Waals surface area (Å²) in [7, 11) is 0. The van der Waals surface area contributed by atoms with Crippen LogP contribution >= 0.6 is 0 Å². The summed E-state index contributed by atoms with van der Waals surface area (Å²) in [5.74, 6) is 0.340. The first-order chi connectivity index (χ1) is 9.24. The minimum absolute atomic E-state index is 0.340. The van der Waals surface area contributed by atoms with Gasteiger partial charge in [0.2, 0.25) is 0 Å². The van der Waals surface area contributed by atoms with E-state index < -0.39 is 11.2 Å². The van der Waals surface area contributed by atoms with Gasteiger partial charge in [-0.1, -0.05) is 18.2 Å². The molecule has 0 aliphatic rings. The molecule has 0 fully saturated rings. The van der Waals surface area contributed by atoms with Crippen LogP contribution in [0.2, 0.25) is 0 Å². The van der Waals surface area contributed by atoms with E-state index in [0.717, 1.165) is 11.1 Å². The molecule has 0 bridgehead atoms. The van der Waals surface area contributed by atoms with Crippen molar-refractivity contribution in [2.75, 3.05) is 5.73 Å². The molecular formula is C13H12N4OS. The molecule has 0 saturated heterocycles. The molecule has 0 aliphatic carbocycles. The second-order valence-electron chi connectivity index (χ2n) is 4.11. The third-order valence-electron chi connectivity index (χ3n) is 2.79. The van der Waals surface area contributed by atoms with E-state index in [1.54, 1.807) is 12.3 Å². The number of nitrogen functional groups attached to an aromatic ring is 1. The lowest BCUT2D eigenvalue weighted by Crippen LogP contribution is -2.08. The van der Waals surface area contributed by atoms with Gasteiger partial charge in [-0.3, -0.25) is 4.98 Å². The van der Waals surface area contributed by atoms with Crippen LogP contribution in [0.15, 0.2) is 47.8 Å². The van der Waals surface area contributed by atoms with Crippen LogP contribution in [-0.2, 0) is 16.9 Å². The molecule has 1 aromatic carbocycles. The van der Waals surface area contributed by atoms with Crippen LogP contribution in [0.4, 0.5) is 5.69 Å². The summed E-state index contributed by atoms with van der Waals surface area (Å²) in [5, 5.41) is 0.428. The summed E-state index contributed by atoms with van der Waals surface area (Å²) in [6.07, 6.45) is 1.66. The first-order valence-corrected chi connectivity index (χ1v) is 7.08. The number of hydrogen-bond acceptors (Lipinski definition) is 4. The second-order valence-corrected chi connectivity index (χ2v) is 5.47. The van der Waals surface area contributed by atoms with Crippen molar-refractivity contribution in [3.63, 3.8) is 0 Å². The molecule has 96 valence electrons. The van der Waals surface area contributed by atoms with Crippen LogP contribution in [0.3, 0.4) is 0 Å². The number of aromatic nitrogens is 3. The van der Waals surface area contributed by atoms with Crippen molar-refractivity contribution in [1.82, 2.24) is 15.0 Å². The van der Waals surface area contributed by atoms with Crippen molar-refractivity contribution < 1.29 is 4.55 Å². The van der Waals surface area contributed by atoms with Crippen molar-refractivity contribution in [2.45, 2.75) is 10.9 Å². The number of nitrogens with zero attached hydrogens (tertiary/aromatic N) is 2. The first kappa shape index (κ1) is 12.0. The number of hydrogen-bond donors (Lipinski definition) is 2. The van der Waals surface area contributed by atoms with Crippen molar-refractivity contribution in [1.29, 1.82) is 0 Å². The molecule has 5 nitrogen and oxygen atoms in total. The molecule has 3 aromatic rings. The van der Waals surface area contributed by atoms with Gasteiger partial charge in [0.15, 0.2) is 5.65 Å². The van der Waals surface area contributed by atoms with Gasteiger partial charge in [-0.2, -0.15) is 4.98 Å². The summed E-state index contributed by atoms with van der Waals surface area (Å²) in [4.78, 5) is 11.4. The van der Waals surface area contributed by atoms with Crippen LogP contribution in [0.5, 0.6) is 0 Å². The van der Waals surface area contributed by atoms with Crippen molar-refractivity contribution in [3.8, 4) is 0 Å². The summed E-state index contributed by atoms with van der Waals surface area (Å²) in [5.41, 5.74) is 8.70. The Kier molecular flexibility index (Phi) is 3.10. The van der Waals surface area contributed by atoms with E-state index in [-0.39, 0.29) is 0 Å². The van der Waals surface area contributed by atoms with Crippen LogP contribution in [-0.4, -0.2) is 19.5 Å². The van der Waals surface area contributed by atoms with E-state index in [9.17, 15) is 4.55 Å². The maximum atomic E-state index is 12.3. The van der Waals surface area contributed by atoms with E-state index in [1.807, 2.05) is 30.3 Å².